The molecule has 0 atom stereocenters. The molecule has 0 aliphatic carbocycles. The van der Waals surface area contributed by atoms with Crippen LogP contribution in [-0.4, -0.2) is 10.8 Å². The highest BCUT2D eigenvalue weighted by Gasteiger charge is 2.13. The molecule has 0 radical (unpaired) electrons. The van der Waals surface area contributed by atoms with E-state index in [1.54, 1.807) is 25.1 Å². The second kappa shape index (κ2) is 5.62. The molecule has 0 fully saturated rings. The molecule has 6 nitrogen and oxygen atoms in total. The molecule has 0 aliphatic heterocycles. The Hall–Kier alpha value is -2.89. The number of carbonyl (C=O) groups excluding carboxylic acids is 1. The third-order valence-corrected chi connectivity index (χ3v) is 3.10. The molecule has 6 heteroatoms. The lowest BCUT2D eigenvalue weighted by molar-refractivity contribution is -0.385. The summed E-state index contributed by atoms with van der Waals surface area (Å²) in [5.74, 6) is -0.343. The van der Waals surface area contributed by atoms with Crippen molar-refractivity contribution < 1.29 is 9.72 Å². The summed E-state index contributed by atoms with van der Waals surface area (Å²) in [6.07, 6.45) is 0. The van der Waals surface area contributed by atoms with E-state index < -0.39 is 4.92 Å². The predicted octanol–water partition coefficient (Wildman–Crippen LogP) is 3.05. The Bertz CT molecular complexity index is 726. The monoisotopic (exact) mass is 285 g/mol. The van der Waals surface area contributed by atoms with E-state index in [0.29, 0.717) is 22.5 Å². The summed E-state index contributed by atoms with van der Waals surface area (Å²) in [4.78, 5) is 22.5. The Morgan fingerprint density at radius 2 is 1.90 bits per heavy atom. The lowest BCUT2D eigenvalue weighted by atomic mass is 10.1. The van der Waals surface area contributed by atoms with E-state index in [0.717, 1.165) is 5.56 Å². The zero-order valence-corrected chi connectivity index (χ0v) is 11.7. The van der Waals surface area contributed by atoms with Crippen LogP contribution in [0.4, 0.5) is 17.1 Å². The summed E-state index contributed by atoms with van der Waals surface area (Å²) >= 11 is 0. The molecule has 0 unspecified atom stereocenters. The van der Waals surface area contributed by atoms with Crippen molar-refractivity contribution in [2.24, 2.45) is 0 Å². The number of nitro groups is 1. The minimum atomic E-state index is -0.459. The van der Waals surface area contributed by atoms with Crippen LogP contribution in [0.15, 0.2) is 36.4 Å². The molecular formula is C15H15N3O3. The third-order valence-electron chi connectivity index (χ3n) is 3.10. The van der Waals surface area contributed by atoms with E-state index in [2.05, 4.69) is 5.32 Å². The maximum Gasteiger partial charge on any atom is 0.272 e. The van der Waals surface area contributed by atoms with Gasteiger partial charge in [0.1, 0.15) is 0 Å². The maximum atomic E-state index is 12.2. The average molecular weight is 285 g/mol. The molecule has 0 heterocycles. The first-order chi connectivity index (χ1) is 9.88. The van der Waals surface area contributed by atoms with Crippen molar-refractivity contribution in [2.75, 3.05) is 11.1 Å². The number of rotatable bonds is 3. The van der Waals surface area contributed by atoms with Crippen LogP contribution < -0.4 is 11.1 Å². The van der Waals surface area contributed by atoms with Crippen molar-refractivity contribution in [2.45, 2.75) is 13.8 Å². The molecule has 0 saturated carbocycles. The number of nitro benzene ring substituents is 1. The third kappa shape index (κ3) is 3.17. The number of amides is 1. The normalized spacial score (nSPS) is 10.2. The fourth-order valence-electron chi connectivity index (χ4n) is 2.00. The van der Waals surface area contributed by atoms with Gasteiger partial charge in [0.25, 0.3) is 11.6 Å². The molecule has 108 valence electrons. The van der Waals surface area contributed by atoms with Crippen LogP contribution in [0.2, 0.25) is 0 Å². The molecule has 2 aromatic carbocycles. The van der Waals surface area contributed by atoms with Gasteiger partial charge in [0.15, 0.2) is 0 Å². The zero-order chi connectivity index (χ0) is 15.6. The minimum absolute atomic E-state index is 0.0167. The van der Waals surface area contributed by atoms with Crippen molar-refractivity contribution in [1.29, 1.82) is 0 Å². The molecule has 2 rings (SSSR count). The summed E-state index contributed by atoms with van der Waals surface area (Å²) in [5.41, 5.74) is 8.47. The zero-order valence-electron chi connectivity index (χ0n) is 11.7. The average Bonchev–Trinajstić information content (AvgIpc) is 2.41. The summed E-state index contributed by atoms with van der Waals surface area (Å²) in [6.45, 7) is 3.49. The Morgan fingerprint density at radius 1 is 1.19 bits per heavy atom. The lowest BCUT2D eigenvalue weighted by Crippen LogP contribution is -2.14. The number of aryl methyl sites for hydroxylation is 2. The number of nitrogens with one attached hydrogen (secondary N) is 1. The van der Waals surface area contributed by atoms with Gasteiger partial charge in [0, 0.05) is 23.0 Å². The molecule has 0 saturated heterocycles. The van der Waals surface area contributed by atoms with Crippen LogP contribution in [0.3, 0.4) is 0 Å². The van der Waals surface area contributed by atoms with E-state index in [-0.39, 0.29) is 11.6 Å². The number of nitrogens with zero attached hydrogens (tertiary/aromatic N) is 1. The van der Waals surface area contributed by atoms with Gasteiger partial charge in [0.05, 0.1) is 10.5 Å². The summed E-state index contributed by atoms with van der Waals surface area (Å²) < 4.78 is 0. The lowest BCUT2D eigenvalue weighted by Gasteiger charge is -2.09. The van der Waals surface area contributed by atoms with Crippen LogP contribution in [0, 0.1) is 24.0 Å². The van der Waals surface area contributed by atoms with Crippen molar-refractivity contribution >= 4 is 23.0 Å². The Morgan fingerprint density at radius 3 is 2.52 bits per heavy atom. The highest BCUT2D eigenvalue weighted by Crippen LogP contribution is 2.23. The second-order valence-electron chi connectivity index (χ2n) is 4.80. The quantitative estimate of drug-likeness (QED) is 0.514. The number of nitrogen functional groups attached to an aromatic ring is 1. The predicted molar refractivity (Wildman–Crippen MR) is 81.4 cm³/mol. The largest absolute Gasteiger partial charge is 0.398 e. The topological polar surface area (TPSA) is 98.3 Å². The first kappa shape index (κ1) is 14.5. The van der Waals surface area contributed by atoms with Crippen LogP contribution in [0.1, 0.15) is 21.5 Å². The smallest absolute Gasteiger partial charge is 0.272 e. The van der Waals surface area contributed by atoms with Crippen LogP contribution in [-0.2, 0) is 0 Å². The summed E-state index contributed by atoms with van der Waals surface area (Å²) in [5, 5.41) is 13.5. The van der Waals surface area contributed by atoms with Gasteiger partial charge in [-0.2, -0.15) is 0 Å². The first-order valence-electron chi connectivity index (χ1n) is 6.31. The Balaban J connectivity index is 2.26. The van der Waals surface area contributed by atoms with E-state index >= 15 is 0 Å². The number of hydrogen-bond donors (Lipinski definition) is 2. The summed E-state index contributed by atoms with van der Waals surface area (Å²) in [7, 11) is 0. The number of nitrogens with two attached hydrogens (primary N) is 1. The van der Waals surface area contributed by atoms with E-state index in [1.807, 2.05) is 13.0 Å². The first-order valence-corrected chi connectivity index (χ1v) is 6.31. The fraction of sp³-hybridized carbons (Fsp3) is 0.133. The van der Waals surface area contributed by atoms with Gasteiger partial charge < -0.3 is 11.1 Å². The van der Waals surface area contributed by atoms with Crippen molar-refractivity contribution in [1.82, 2.24) is 0 Å². The molecule has 0 spiro atoms. The van der Waals surface area contributed by atoms with Gasteiger partial charge in [-0.25, -0.2) is 0 Å². The van der Waals surface area contributed by atoms with Crippen LogP contribution >= 0.6 is 0 Å². The van der Waals surface area contributed by atoms with Gasteiger partial charge >= 0.3 is 0 Å². The number of anilines is 2. The maximum absolute atomic E-state index is 12.2. The highest BCUT2D eigenvalue weighted by molar-refractivity contribution is 6.07. The van der Waals surface area contributed by atoms with Gasteiger partial charge in [-0.1, -0.05) is 11.6 Å². The number of benzene rings is 2. The van der Waals surface area contributed by atoms with E-state index in [4.69, 9.17) is 5.73 Å². The van der Waals surface area contributed by atoms with Gasteiger partial charge in [0.2, 0.25) is 0 Å². The Kier molecular flexibility index (Phi) is 3.89. The number of carbonyl (C=O) groups is 1. The van der Waals surface area contributed by atoms with E-state index in [1.165, 1.54) is 12.1 Å². The SMILES string of the molecule is Cc1ccc(N)c(C(=O)Nc2ccc([N+](=O)[O-])c(C)c2)c1. The van der Waals surface area contributed by atoms with Crippen LogP contribution in [0.5, 0.6) is 0 Å². The standard InChI is InChI=1S/C15H15N3O3/c1-9-3-5-13(16)12(7-9)15(19)17-11-4-6-14(18(20)21)10(2)8-11/h3-8H,16H2,1-2H3,(H,17,19). The van der Waals surface area contributed by atoms with Crippen LogP contribution in [0.25, 0.3) is 0 Å². The van der Waals surface area contributed by atoms with Gasteiger partial charge in [-0.15, -0.1) is 0 Å². The van der Waals surface area contributed by atoms with Crippen molar-refractivity contribution in [3.63, 3.8) is 0 Å². The molecular weight excluding hydrogens is 270 g/mol. The fourth-order valence-corrected chi connectivity index (χ4v) is 2.00. The minimum Gasteiger partial charge on any atom is -0.398 e. The van der Waals surface area contributed by atoms with E-state index in [9.17, 15) is 14.9 Å². The van der Waals surface area contributed by atoms with Crippen molar-refractivity contribution in [3.05, 3.63) is 63.2 Å². The molecule has 21 heavy (non-hydrogen) atoms. The summed E-state index contributed by atoms with van der Waals surface area (Å²) in [6, 6.07) is 9.61. The second-order valence-corrected chi connectivity index (χ2v) is 4.80. The molecule has 0 aliphatic rings. The van der Waals surface area contributed by atoms with Gasteiger partial charge in [-0.3, -0.25) is 14.9 Å². The molecule has 1 amide bonds. The van der Waals surface area contributed by atoms with Crippen molar-refractivity contribution in [3.8, 4) is 0 Å². The van der Waals surface area contributed by atoms with Gasteiger partial charge in [-0.05, 0) is 38.1 Å². The molecule has 2 aromatic rings. The molecule has 0 aromatic heterocycles. The molecule has 3 N–H and O–H groups in total. The highest BCUT2D eigenvalue weighted by atomic mass is 16.6. The Labute approximate surface area is 121 Å². The molecule has 0 bridgehead atoms. The number of hydrogen-bond acceptors (Lipinski definition) is 4.